The van der Waals surface area contributed by atoms with Gasteiger partial charge in [-0.25, -0.2) is 8.42 Å². The summed E-state index contributed by atoms with van der Waals surface area (Å²) in [6.45, 7) is 2.44. The molecule has 1 amide bonds. The zero-order valence-electron chi connectivity index (χ0n) is 16.0. The summed E-state index contributed by atoms with van der Waals surface area (Å²) in [7, 11) is -3.75. The summed E-state index contributed by atoms with van der Waals surface area (Å²) in [4.78, 5) is 12.7. The molecule has 0 saturated carbocycles. The number of hydrogen-bond acceptors (Lipinski definition) is 4. The van der Waals surface area contributed by atoms with Gasteiger partial charge in [0.15, 0.2) is 0 Å². The van der Waals surface area contributed by atoms with Crippen molar-refractivity contribution in [1.29, 1.82) is 5.26 Å². The number of carbonyl (C=O) groups excluding carboxylic acids is 1. The molecule has 1 saturated heterocycles. The molecule has 152 valence electrons. The molecule has 0 spiro atoms. The lowest BCUT2D eigenvalue weighted by atomic mass is 9.96. The van der Waals surface area contributed by atoms with Crippen LogP contribution in [0.25, 0.3) is 0 Å². The van der Waals surface area contributed by atoms with Crippen molar-refractivity contribution >= 4 is 31.9 Å². The summed E-state index contributed by atoms with van der Waals surface area (Å²) in [5.41, 5.74) is 1.14. The first-order chi connectivity index (χ1) is 13.8. The first-order valence-electron chi connectivity index (χ1n) is 9.38. The molecule has 1 unspecified atom stereocenters. The molecular weight excluding hydrogens is 454 g/mol. The van der Waals surface area contributed by atoms with Crippen LogP contribution < -0.4 is 5.32 Å². The fourth-order valence-electron chi connectivity index (χ4n) is 3.45. The molecule has 2 aromatic carbocycles. The van der Waals surface area contributed by atoms with E-state index in [2.05, 4.69) is 21.2 Å². The van der Waals surface area contributed by atoms with Crippen LogP contribution in [-0.4, -0.2) is 31.7 Å². The topological polar surface area (TPSA) is 90.3 Å². The van der Waals surface area contributed by atoms with Gasteiger partial charge in [0, 0.05) is 23.5 Å². The third-order valence-corrected chi connectivity index (χ3v) is 7.66. The number of nitrogens with one attached hydrogen (secondary N) is 1. The van der Waals surface area contributed by atoms with Crippen molar-refractivity contribution in [3.8, 4) is 6.07 Å². The fourth-order valence-corrected chi connectivity index (χ4v) is 5.32. The number of rotatable bonds is 5. The molecular formula is C21H22BrN3O3S. The van der Waals surface area contributed by atoms with Crippen LogP contribution in [0, 0.1) is 17.2 Å². The predicted molar refractivity (Wildman–Crippen MR) is 113 cm³/mol. The van der Waals surface area contributed by atoms with Crippen molar-refractivity contribution in [2.45, 2.75) is 30.7 Å². The zero-order chi connectivity index (χ0) is 21.0. The number of carbonyl (C=O) groups is 1. The summed E-state index contributed by atoms with van der Waals surface area (Å²) in [5.74, 6) is -0.291. The third-order valence-electron chi connectivity index (χ3n) is 5.18. The Balaban J connectivity index is 1.62. The van der Waals surface area contributed by atoms with Gasteiger partial charge in [-0.3, -0.25) is 4.79 Å². The molecule has 1 aliphatic heterocycles. The zero-order valence-corrected chi connectivity index (χ0v) is 18.4. The Morgan fingerprint density at radius 1 is 1.17 bits per heavy atom. The highest BCUT2D eigenvalue weighted by Crippen LogP contribution is 2.26. The maximum absolute atomic E-state index is 12.9. The molecule has 0 aromatic heterocycles. The molecule has 8 heteroatoms. The summed E-state index contributed by atoms with van der Waals surface area (Å²) < 4.78 is 28.2. The second-order valence-corrected chi connectivity index (χ2v) is 9.89. The van der Waals surface area contributed by atoms with Gasteiger partial charge in [0.25, 0.3) is 0 Å². The molecule has 0 radical (unpaired) electrons. The average molecular weight is 476 g/mol. The molecule has 1 N–H and O–H groups in total. The van der Waals surface area contributed by atoms with E-state index in [-0.39, 0.29) is 41.4 Å². The van der Waals surface area contributed by atoms with E-state index in [9.17, 15) is 18.5 Å². The number of piperidine rings is 1. The lowest BCUT2D eigenvalue weighted by Crippen LogP contribution is -2.43. The normalized spacial score (nSPS) is 16.7. The van der Waals surface area contributed by atoms with Gasteiger partial charge in [-0.05, 0) is 49.6 Å². The Labute approximate surface area is 179 Å². The number of amides is 1. The number of nitrogens with zero attached hydrogens (tertiary/aromatic N) is 2. The second kappa shape index (κ2) is 9.08. The van der Waals surface area contributed by atoms with Gasteiger partial charge in [-0.1, -0.05) is 40.2 Å². The van der Waals surface area contributed by atoms with E-state index < -0.39 is 10.0 Å². The average Bonchev–Trinajstić information content (AvgIpc) is 2.74. The van der Waals surface area contributed by atoms with Crippen molar-refractivity contribution < 1.29 is 13.2 Å². The highest BCUT2D eigenvalue weighted by Gasteiger charge is 2.33. The SMILES string of the molecule is CC(NC(=O)C1CCN(S(=O)(=O)c2ccccc2C#N)CC1)c1ccc(Br)cc1. The van der Waals surface area contributed by atoms with E-state index >= 15 is 0 Å². The Kier molecular flexibility index (Phi) is 6.73. The molecule has 6 nitrogen and oxygen atoms in total. The van der Waals surface area contributed by atoms with E-state index in [1.54, 1.807) is 12.1 Å². The van der Waals surface area contributed by atoms with E-state index in [1.165, 1.54) is 16.4 Å². The summed E-state index contributed by atoms with van der Waals surface area (Å²) >= 11 is 3.40. The minimum atomic E-state index is -3.75. The Morgan fingerprint density at radius 3 is 2.41 bits per heavy atom. The van der Waals surface area contributed by atoms with Crippen LogP contribution in [0.5, 0.6) is 0 Å². The number of halogens is 1. The smallest absolute Gasteiger partial charge is 0.244 e. The Bertz CT molecular complexity index is 1020. The van der Waals surface area contributed by atoms with Gasteiger partial charge in [-0.15, -0.1) is 0 Å². The lowest BCUT2D eigenvalue weighted by molar-refractivity contribution is -0.126. The summed E-state index contributed by atoms with van der Waals surface area (Å²) in [5, 5.41) is 12.2. The van der Waals surface area contributed by atoms with Crippen LogP contribution in [0.1, 0.15) is 36.9 Å². The molecule has 2 aromatic rings. The third kappa shape index (κ3) is 4.86. The first kappa shape index (κ1) is 21.5. The van der Waals surface area contributed by atoms with Crippen LogP contribution in [-0.2, 0) is 14.8 Å². The largest absolute Gasteiger partial charge is 0.349 e. The number of sulfonamides is 1. The van der Waals surface area contributed by atoms with Gasteiger partial charge in [0.05, 0.1) is 16.5 Å². The van der Waals surface area contributed by atoms with E-state index in [0.717, 1.165) is 10.0 Å². The highest BCUT2D eigenvalue weighted by molar-refractivity contribution is 9.10. The predicted octanol–water partition coefficient (Wildman–Crippen LogP) is 3.60. The molecule has 1 atom stereocenters. The van der Waals surface area contributed by atoms with Crippen molar-refractivity contribution in [1.82, 2.24) is 9.62 Å². The minimum Gasteiger partial charge on any atom is -0.349 e. The fraction of sp³-hybridized carbons (Fsp3) is 0.333. The van der Waals surface area contributed by atoms with Gasteiger partial charge in [-0.2, -0.15) is 9.57 Å². The molecule has 1 fully saturated rings. The van der Waals surface area contributed by atoms with Crippen LogP contribution in [0.2, 0.25) is 0 Å². The maximum Gasteiger partial charge on any atom is 0.244 e. The van der Waals surface area contributed by atoms with Crippen LogP contribution >= 0.6 is 15.9 Å². The molecule has 29 heavy (non-hydrogen) atoms. The molecule has 1 aliphatic rings. The quantitative estimate of drug-likeness (QED) is 0.714. The summed E-state index contributed by atoms with van der Waals surface area (Å²) in [6, 6.07) is 15.8. The van der Waals surface area contributed by atoms with Crippen molar-refractivity contribution in [3.63, 3.8) is 0 Å². The molecule has 3 rings (SSSR count). The van der Waals surface area contributed by atoms with Crippen molar-refractivity contribution in [3.05, 3.63) is 64.1 Å². The Morgan fingerprint density at radius 2 is 1.79 bits per heavy atom. The molecule has 1 heterocycles. The highest BCUT2D eigenvalue weighted by atomic mass is 79.9. The van der Waals surface area contributed by atoms with E-state index in [1.807, 2.05) is 37.3 Å². The van der Waals surface area contributed by atoms with Crippen LogP contribution in [0.15, 0.2) is 57.9 Å². The van der Waals surface area contributed by atoms with Gasteiger partial charge >= 0.3 is 0 Å². The molecule has 0 bridgehead atoms. The number of hydrogen-bond donors (Lipinski definition) is 1. The van der Waals surface area contributed by atoms with E-state index in [4.69, 9.17) is 0 Å². The lowest BCUT2D eigenvalue weighted by Gasteiger charge is -2.31. The second-order valence-electron chi connectivity index (χ2n) is 7.07. The monoisotopic (exact) mass is 475 g/mol. The van der Waals surface area contributed by atoms with E-state index in [0.29, 0.717) is 12.8 Å². The minimum absolute atomic E-state index is 0.0225. The van der Waals surface area contributed by atoms with Gasteiger partial charge in [0.2, 0.25) is 15.9 Å². The van der Waals surface area contributed by atoms with Gasteiger partial charge < -0.3 is 5.32 Å². The maximum atomic E-state index is 12.9. The number of nitriles is 1. The van der Waals surface area contributed by atoms with Crippen molar-refractivity contribution in [2.75, 3.05) is 13.1 Å². The number of benzene rings is 2. The first-order valence-corrected chi connectivity index (χ1v) is 11.6. The standard InChI is InChI=1S/C21H22BrN3O3S/c1-15(16-6-8-19(22)9-7-16)24-21(26)17-10-12-25(13-11-17)29(27,28)20-5-3-2-4-18(20)14-23/h2-9,15,17H,10-13H2,1H3,(H,24,26). The van der Waals surface area contributed by atoms with Crippen LogP contribution in [0.3, 0.4) is 0 Å². The Hall–Kier alpha value is -2.21. The van der Waals surface area contributed by atoms with Crippen LogP contribution in [0.4, 0.5) is 0 Å². The van der Waals surface area contributed by atoms with Crippen molar-refractivity contribution in [2.24, 2.45) is 5.92 Å². The summed E-state index contributed by atoms with van der Waals surface area (Å²) in [6.07, 6.45) is 0.902. The van der Waals surface area contributed by atoms with Gasteiger partial charge in [0.1, 0.15) is 6.07 Å². The molecule has 0 aliphatic carbocycles.